The van der Waals surface area contributed by atoms with E-state index in [0.29, 0.717) is 18.0 Å². The van der Waals surface area contributed by atoms with Crippen molar-refractivity contribution in [1.82, 2.24) is 5.32 Å². The molecule has 0 spiro atoms. The summed E-state index contributed by atoms with van der Waals surface area (Å²) < 4.78 is 5.39. The average molecular weight is 197 g/mol. The Morgan fingerprint density at radius 2 is 1.86 bits per heavy atom. The largest absolute Gasteiger partial charge is 0.389 e. The van der Waals surface area contributed by atoms with Crippen LogP contribution in [-0.2, 0) is 4.74 Å². The van der Waals surface area contributed by atoms with Gasteiger partial charge in [0, 0.05) is 24.6 Å². The fourth-order valence-corrected chi connectivity index (χ4v) is 3.45. The SMILES string of the molecule is OC1(C2CCOC2)CC2CCC(C1)N2. The van der Waals surface area contributed by atoms with E-state index in [0.717, 1.165) is 32.5 Å². The summed E-state index contributed by atoms with van der Waals surface area (Å²) in [4.78, 5) is 0. The molecule has 0 aromatic rings. The topological polar surface area (TPSA) is 41.5 Å². The second-order valence-electron chi connectivity index (χ2n) is 5.21. The molecule has 3 aliphatic heterocycles. The van der Waals surface area contributed by atoms with Gasteiger partial charge in [-0.05, 0) is 32.1 Å². The van der Waals surface area contributed by atoms with E-state index in [1.807, 2.05) is 0 Å². The van der Waals surface area contributed by atoms with E-state index in [4.69, 9.17) is 4.74 Å². The molecule has 3 rings (SSSR count). The maximum Gasteiger partial charge on any atom is 0.0728 e. The molecule has 3 heteroatoms. The average Bonchev–Trinajstić information content (AvgIpc) is 2.75. The molecule has 3 unspecified atom stereocenters. The summed E-state index contributed by atoms with van der Waals surface area (Å²) in [6, 6.07) is 1.14. The van der Waals surface area contributed by atoms with Gasteiger partial charge in [0.05, 0.1) is 12.2 Å². The summed E-state index contributed by atoms with van der Waals surface area (Å²) in [6.07, 6.45) is 5.44. The smallest absolute Gasteiger partial charge is 0.0728 e. The van der Waals surface area contributed by atoms with Crippen molar-refractivity contribution in [3.05, 3.63) is 0 Å². The first kappa shape index (κ1) is 9.13. The lowest BCUT2D eigenvalue weighted by molar-refractivity contribution is -0.0587. The Hall–Kier alpha value is -0.120. The van der Waals surface area contributed by atoms with Crippen LogP contribution in [0, 0.1) is 5.92 Å². The van der Waals surface area contributed by atoms with Crippen LogP contribution in [0.15, 0.2) is 0 Å². The van der Waals surface area contributed by atoms with Crippen molar-refractivity contribution in [3.63, 3.8) is 0 Å². The number of hydrogen-bond donors (Lipinski definition) is 2. The molecular formula is C11H19NO2. The molecule has 3 atom stereocenters. The zero-order chi connectivity index (χ0) is 9.60. The number of hydrogen-bond acceptors (Lipinski definition) is 3. The van der Waals surface area contributed by atoms with Crippen molar-refractivity contribution >= 4 is 0 Å². The molecule has 0 saturated carbocycles. The van der Waals surface area contributed by atoms with Crippen molar-refractivity contribution < 1.29 is 9.84 Å². The second kappa shape index (κ2) is 3.19. The van der Waals surface area contributed by atoms with Gasteiger partial charge in [-0.2, -0.15) is 0 Å². The zero-order valence-electron chi connectivity index (χ0n) is 8.54. The van der Waals surface area contributed by atoms with Crippen molar-refractivity contribution in [1.29, 1.82) is 0 Å². The summed E-state index contributed by atoms with van der Waals surface area (Å²) in [7, 11) is 0. The van der Waals surface area contributed by atoms with Gasteiger partial charge in [-0.3, -0.25) is 0 Å². The number of nitrogens with one attached hydrogen (secondary N) is 1. The maximum atomic E-state index is 10.6. The lowest BCUT2D eigenvalue weighted by Crippen LogP contribution is -2.52. The van der Waals surface area contributed by atoms with Gasteiger partial charge in [-0.15, -0.1) is 0 Å². The summed E-state index contributed by atoms with van der Waals surface area (Å²) in [5.74, 6) is 0.396. The molecule has 0 aliphatic carbocycles. The standard InChI is InChI=1S/C11H19NO2/c13-11(8-3-4-14-7-8)5-9-1-2-10(6-11)12-9/h8-10,12-13H,1-7H2. The van der Waals surface area contributed by atoms with Crippen LogP contribution in [0.5, 0.6) is 0 Å². The first-order valence-corrected chi connectivity index (χ1v) is 5.82. The van der Waals surface area contributed by atoms with Crippen LogP contribution in [0.1, 0.15) is 32.1 Å². The van der Waals surface area contributed by atoms with E-state index in [1.165, 1.54) is 12.8 Å². The van der Waals surface area contributed by atoms with Gasteiger partial charge < -0.3 is 15.2 Å². The third-order valence-corrected chi connectivity index (χ3v) is 4.22. The van der Waals surface area contributed by atoms with Crippen LogP contribution in [0.2, 0.25) is 0 Å². The van der Waals surface area contributed by atoms with Gasteiger partial charge in [-0.25, -0.2) is 0 Å². The number of fused-ring (bicyclic) bond motifs is 2. The van der Waals surface area contributed by atoms with E-state index in [-0.39, 0.29) is 0 Å². The highest BCUT2D eigenvalue weighted by Crippen LogP contribution is 2.41. The molecule has 2 N–H and O–H groups in total. The molecule has 0 amide bonds. The first-order chi connectivity index (χ1) is 6.76. The molecule has 3 nitrogen and oxygen atoms in total. The highest BCUT2D eigenvalue weighted by atomic mass is 16.5. The monoisotopic (exact) mass is 197 g/mol. The molecule has 3 saturated heterocycles. The molecule has 0 aromatic heterocycles. The molecule has 80 valence electrons. The van der Waals surface area contributed by atoms with Crippen LogP contribution in [0.4, 0.5) is 0 Å². The number of ether oxygens (including phenoxy) is 1. The Labute approximate surface area is 84.8 Å². The van der Waals surface area contributed by atoms with Crippen LogP contribution < -0.4 is 5.32 Å². The minimum atomic E-state index is -0.423. The predicted molar refractivity (Wildman–Crippen MR) is 53.1 cm³/mol. The van der Waals surface area contributed by atoms with Gasteiger partial charge in [0.15, 0.2) is 0 Å². The number of aliphatic hydroxyl groups is 1. The quantitative estimate of drug-likeness (QED) is 0.649. The third kappa shape index (κ3) is 1.38. The van der Waals surface area contributed by atoms with Crippen molar-refractivity contribution in [2.75, 3.05) is 13.2 Å². The summed E-state index contributed by atoms with van der Waals surface area (Å²) in [5.41, 5.74) is -0.423. The summed E-state index contributed by atoms with van der Waals surface area (Å²) >= 11 is 0. The highest BCUT2D eigenvalue weighted by Gasteiger charge is 2.47. The van der Waals surface area contributed by atoms with Gasteiger partial charge in [0.2, 0.25) is 0 Å². The van der Waals surface area contributed by atoms with E-state index >= 15 is 0 Å². The Balaban J connectivity index is 1.75. The van der Waals surface area contributed by atoms with Gasteiger partial charge in [0.25, 0.3) is 0 Å². The number of rotatable bonds is 1. The molecule has 14 heavy (non-hydrogen) atoms. The van der Waals surface area contributed by atoms with Crippen LogP contribution in [0.3, 0.4) is 0 Å². The molecule has 3 fully saturated rings. The fourth-order valence-electron chi connectivity index (χ4n) is 3.45. The van der Waals surface area contributed by atoms with Crippen molar-refractivity contribution in [2.24, 2.45) is 5.92 Å². The van der Waals surface area contributed by atoms with Gasteiger partial charge >= 0.3 is 0 Å². The summed E-state index contributed by atoms with van der Waals surface area (Å²) in [5, 5.41) is 14.2. The molecule has 3 heterocycles. The minimum absolute atomic E-state index is 0.396. The summed E-state index contributed by atoms with van der Waals surface area (Å²) in [6.45, 7) is 1.62. The lowest BCUT2D eigenvalue weighted by atomic mass is 9.77. The van der Waals surface area contributed by atoms with E-state index < -0.39 is 5.60 Å². The Kier molecular flexibility index (Phi) is 2.08. The molecule has 3 aliphatic rings. The van der Waals surface area contributed by atoms with Crippen LogP contribution in [0.25, 0.3) is 0 Å². The maximum absolute atomic E-state index is 10.6. The van der Waals surface area contributed by atoms with E-state index in [2.05, 4.69) is 5.32 Å². The predicted octanol–water partition coefficient (Wildman–Crippen LogP) is 0.668. The Morgan fingerprint density at radius 3 is 2.43 bits per heavy atom. The zero-order valence-corrected chi connectivity index (χ0v) is 8.54. The Bertz CT molecular complexity index is 213. The first-order valence-electron chi connectivity index (χ1n) is 5.82. The molecule has 2 bridgehead atoms. The van der Waals surface area contributed by atoms with Gasteiger partial charge in [-0.1, -0.05) is 0 Å². The van der Waals surface area contributed by atoms with E-state index in [1.54, 1.807) is 0 Å². The molecule has 0 aromatic carbocycles. The normalized spacial score (nSPS) is 52.5. The number of piperidine rings is 1. The van der Waals surface area contributed by atoms with Crippen LogP contribution >= 0.6 is 0 Å². The fraction of sp³-hybridized carbons (Fsp3) is 1.00. The second-order valence-corrected chi connectivity index (χ2v) is 5.21. The van der Waals surface area contributed by atoms with Crippen LogP contribution in [-0.4, -0.2) is 36.0 Å². The Morgan fingerprint density at radius 1 is 1.14 bits per heavy atom. The molecule has 0 radical (unpaired) electrons. The van der Waals surface area contributed by atoms with E-state index in [9.17, 15) is 5.11 Å². The third-order valence-electron chi connectivity index (χ3n) is 4.22. The highest BCUT2D eigenvalue weighted by molar-refractivity contribution is 5.03. The molecular weight excluding hydrogens is 178 g/mol. The van der Waals surface area contributed by atoms with Crippen molar-refractivity contribution in [3.8, 4) is 0 Å². The lowest BCUT2D eigenvalue weighted by Gasteiger charge is -2.40. The minimum Gasteiger partial charge on any atom is -0.389 e. The van der Waals surface area contributed by atoms with Crippen molar-refractivity contribution in [2.45, 2.75) is 49.8 Å². The van der Waals surface area contributed by atoms with Gasteiger partial charge in [0.1, 0.15) is 0 Å².